The highest BCUT2D eigenvalue weighted by Gasteiger charge is 2.19. The van der Waals surface area contributed by atoms with E-state index in [9.17, 15) is 0 Å². The van der Waals surface area contributed by atoms with Gasteiger partial charge in [-0.2, -0.15) is 0 Å². The molecule has 2 heterocycles. The van der Waals surface area contributed by atoms with Crippen molar-refractivity contribution in [2.45, 2.75) is 25.8 Å². The van der Waals surface area contributed by atoms with Crippen LogP contribution in [0, 0.1) is 0 Å². The molecule has 1 aliphatic rings. The minimum absolute atomic E-state index is 0.437. The van der Waals surface area contributed by atoms with Crippen molar-refractivity contribution in [2.75, 3.05) is 38.3 Å². The predicted molar refractivity (Wildman–Crippen MR) is 66.3 cm³/mol. The minimum atomic E-state index is 0.437. The van der Waals surface area contributed by atoms with Gasteiger partial charge in [0.2, 0.25) is 5.95 Å². The summed E-state index contributed by atoms with van der Waals surface area (Å²) < 4.78 is 12.9. The van der Waals surface area contributed by atoms with Gasteiger partial charge in [0.05, 0.1) is 12.6 Å². The van der Waals surface area contributed by atoms with Crippen molar-refractivity contribution in [3.05, 3.63) is 12.4 Å². The Morgan fingerprint density at radius 2 is 2.59 bits per heavy atom. The van der Waals surface area contributed by atoms with Crippen LogP contribution >= 0.6 is 0 Å². The lowest BCUT2D eigenvalue weighted by Crippen LogP contribution is -2.14. The Hall–Kier alpha value is -1.07. The molecule has 0 bridgehead atoms. The Morgan fingerprint density at radius 3 is 3.35 bits per heavy atom. The highest BCUT2D eigenvalue weighted by atomic mass is 16.5. The third kappa shape index (κ3) is 3.44. The number of ether oxygens (including phenoxy) is 2. The molecular formula is C12H21N3O2. The van der Waals surface area contributed by atoms with E-state index in [2.05, 4.69) is 14.9 Å². The van der Waals surface area contributed by atoms with Crippen molar-refractivity contribution >= 4 is 5.95 Å². The fourth-order valence-electron chi connectivity index (χ4n) is 2.00. The number of hydrogen-bond acceptors (Lipinski definition) is 4. The molecule has 0 spiro atoms. The Kier molecular flexibility index (Phi) is 4.82. The van der Waals surface area contributed by atoms with E-state index in [1.54, 1.807) is 0 Å². The van der Waals surface area contributed by atoms with Crippen molar-refractivity contribution in [3.63, 3.8) is 0 Å². The van der Waals surface area contributed by atoms with Gasteiger partial charge in [-0.1, -0.05) is 0 Å². The average Bonchev–Trinajstić information content (AvgIpc) is 2.98. The molecule has 96 valence electrons. The Labute approximate surface area is 102 Å². The molecule has 1 aromatic rings. The third-order valence-corrected chi connectivity index (χ3v) is 2.92. The van der Waals surface area contributed by atoms with E-state index < -0.39 is 0 Å². The maximum absolute atomic E-state index is 5.40. The van der Waals surface area contributed by atoms with Crippen LogP contribution in [0.3, 0.4) is 0 Å². The molecule has 5 heteroatoms. The molecule has 1 atom stereocenters. The summed E-state index contributed by atoms with van der Waals surface area (Å²) in [5.41, 5.74) is 0. The van der Waals surface area contributed by atoms with Crippen molar-refractivity contribution in [2.24, 2.45) is 0 Å². The van der Waals surface area contributed by atoms with E-state index in [0.29, 0.717) is 6.04 Å². The molecule has 1 fully saturated rings. The van der Waals surface area contributed by atoms with Gasteiger partial charge in [0.25, 0.3) is 0 Å². The predicted octanol–water partition coefficient (Wildman–Crippen LogP) is 1.68. The smallest absolute Gasteiger partial charge is 0.203 e. The fraction of sp³-hybridized carbons (Fsp3) is 0.750. The number of anilines is 1. The maximum atomic E-state index is 5.40. The van der Waals surface area contributed by atoms with Gasteiger partial charge in [-0.05, 0) is 19.8 Å². The van der Waals surface area contributed by atoms with Gasteiger partial charge in [0.15, 0.2) is 0 Å². The summed E-state index contributed by atoms with van der Waals surface area (Å²) in [6.07, 6.45) is 5.93. The van der Waals surface area contributed by atoms with Gasteiger partial charge >= 0.3 is 0 Å². The van der Waals surface area contributed by atoms with E-state index in [-0.39, 0.29) is 0 Å². The van der Waals surface area contributed by atoms with Crippen LogP contribution in [0.5, 0.6) is 0 Å². The standard InChI is InChI=1S/C12H21N3O2/c1-2-16-8-3-5-13-12-14-6-7-15(12)11-4-9-17-10-11/h6-7,11H,2-5,8-10H2,1H3,(H,13,14). The summed E-state index contributed by atoms with van der Waals surface area (Å²) in [6, 6.07) is 0.437. The monoisotopic (exact) mass is 239 g/mol. The molecule has 1 aliphatic heterocycles. The largest absolute Gasteiger partial charge is 0.382 e. The first-order valence-corrected chi connectivity index (χ1v) is 6.34. The van der Waals surface area contributed by atoms with E-state index in [1.165, 1.54) is 0 Å². The number of aromatic nitrogens is 2. The molecule has 1 unspecified atom stereocenters. The fourth-order valence-corrected chi connectivity index (χ4v) is 2.00. The van der Waals surface area contributed by atoms with Crippen LogP contribution in [-0.2, 0) is 9.47 Å². The number of hydrogen-bond donors (Lipinski definition) is 1. The summed E-state index contributed by atoms with van der Waals surface area (Å²) >= 11 is 0. The number of nitrogens with zero attached hydrogens (tertiary/aromatic N) is 2. The summed E-state index contributed by atoms with van der Waals surface area (Å²) in [5.74, 6) is 0.942. The molecule has 0 saturated carbocycles. The lowest BCUT2D eigenvalue weighted by Gasteiger charge is -2.14. The molecule has 1 saturated heterocycles. The number of imidazole rings is 1. The van der Waals surface area contributed by atoms with Crippen LogP contribution in [-0.4, -0.2) is 42.5 Å². The normalized spacial score (nSPS) is 19.7. The van der Waals surface area contributed by atoms with E-state index in [4.69, 9.17) is 9.47 Å². The second kappa shape index (κ2) is 6.61. The first-order valence-electron chi connectivity index (χ1n) is 6.34. The van der Waals surface area contributed by atoms with Crippen molar-refractivity contribution in [3.8, 4) is 0 Å². The zero-order chi connectivity index (χ0) is 11.9. The van der Waals surface area contributed by atoms with Crippen LogP contribution in [0.2, 0.25) is 0 Å². The van der Waals surface area contributed by atoms with Gasteiger partial charge in [-0.25, -0.2) is 4.98 Å². The minimum Gasteiger partial charge on any atom is -0.382 e. The number of nitrogens with one attached hydrogen (secondary N) is 1. The molecule has 0 aliphatic carbocycles. The van der Waals surface area contributed by atoms with Crippen LogP contribution in [0.1, 0.15) is 25.8 Å². The second-order valence-electron chi connectivity index (χ2n) is 4.15. The summed E-state index contributed by atoms with van der Waals surface area (Å²) in [6.45, 7) is 6.15. The zero-order valence-electron chi connectivity index (χ0n) is 10.4. The van der Waals surface area contributed by atoms with E-state index in [1.807, 2.05) is 19.3 Å². The Morgan fingerprint density at radius 1 is 1.65 bits per heavy atom. The topological polar surface area (TPSA) is 48.3 Å². The number of rotatable bonds is 7. The van der Waals surface area contributed by atoms with Crippen molar-refractivity contribution in [1.82, 2.24) is 9.55 Å². The highest BCUT2D eigenvalue weighted by Crippen LogP contribution is 2.22. The molecule has 1 N–H and O–H groups in total. The lowest BCUT2D eigenvalue weighted by atomic mass is 10.2. The van der Waals surface area contributed by atoms with Crippen LogP contribution in [0.4, 0.5) is 5.95 Å². The highest BCUT2D eigenvalue weighted by molar-refractivity contribution is 5.26. The van der Waals surface area contributed by atoms with Gasteiger partial charge < -0.3 is 19.4 Å². The lowest BCUT2D eigenvalue weighted by molar-refractivity contribution is 0.147. The average molecular weight is 239 g/mol. The quantitative estimate of drug-likeness (QED) is 0.735. The van der Waals surface area contributed by atoms with Gasteiger partial charge in [0, 0.05) is 38.8 Å². The zero-order valence-corrected chi connectivity index (χ0v) is 10.4. The Bertz CT molecular complexity index is 321. The third-order valence-electron chi connectivity index (χ3n) is 2.92. The second-order valence-corrected chi connectivity index (χ2v) is 4.15. The first-order chi connectivity index (χ1) is 8.42. The summed E-state index contributed by atoms with van der Waals surface area (Å²) in [7, 11) is 0. The van der Waals surface area contributed by atoms with Gasteiger partial charge in [-0.15, -0.1) is 0 Å². The van der Waals surface area contributed by atoms with Gasteiger partial charge in [-0.3, -0.25) is 0 Å². The molecule has 5 nitrogen and oxygen atoms in total. The van der Waals surface area contributed by atoms with Crippen LogP contribution < -0.4 is 5.32 Å². The molecular weight excluding hydrogens is 218 g/mol. The SMILES string of the molecule is CCOCCCNc1nccn1C1CCOC1. The maximum Gasteiger partial charge on any atom is 0.203 e. The Balaban J connectivity index is 1.78. The summed E-state index contributed by atoms with van der Waals surface area (Å²) in [5, 5.41) is 3.35. The van der Waals surface area contributed by atoms with E-state index >= 15 is 0 Å². The molecule has 2 rings (SSSR count). The molecule has 17 heavy (non-hydrogen) atoms. The molecule has 0 amide bonds. The first kappa shape index (κ1) is 12.4. The molecule has 0 aromatic carbocycles. The van der Waals surface area contributed by atoms with Gasteiger partial charge in [0.1, 0.15) is 0 Å². The van der Waals surface area contributed by atoms with Crippen LogP contribution in [0.15, 0.2) is 12.4 Å². The van der Waals surface area contributed by atoms with Crippen LogP contribution in [0.25, 0.3) is 0 Å². The molecule has 0 radical (unpaired) electrons. The van der Waals surface area contributed by atoms with Crippen molar-refractivity contribution in [1.29, 1.82) is 0 Å². The summed E-state index contributed by atoms with van der Waals surface area (Å²) in [4.78, 5) is 4.33. The van der Waals surface area contributed by atoms with Crippen molar-refractivity contribution < 1.29 is 9.47 Å². The molecule has 1 aromatic heterocycles. The van der Waals surface area contributed by atoms with E-state index in [0.717, 1.165) is 51.8 Å².